The molecule has 0 fully saturated rings. The maximum Gasteiger partial charge on any atom is 0.269 e. The molecule has 0 N–H and O–H groups in total. The minimum Gasteiger partial charge on any atom is -0.294 e. The van der Waals surface area contributed by atoms with Gasteiger partial charge in [0.15, 0.2) is 10.1 Å². The zero-order chi connectivity index (χ0) is 26.3. The van der Waals surface area contributed by atoms with Gasteiger partial charge < -0.3 is 0 Å². The molecule has 2 aliphatic rings. The first-order valence-electron chi connectivity index (χ1n) is 11.7. The third-order valence-electron chi connectivity index (χ3n) is 6.55. The Morgan fingerprint density at radius 3 is 2.57 bits per heavy atom. The molecule has 1 aliphatic heterocycles. The van der Waals surface area contributed by atoms with Crippen molar-refractivity contribution >= 4 is 57.2 Å². The molecule has 0 saturated heterocycles. The Morgan fingerprint density at radius 2 is 1.86 bits per heavy atom. The number of nitrogens with zero attached hydrogens (tertiary/aromatic N) is 4. The lowest BCUT2D eigenvalue weighted by molar-refractivity contribution is -0.384. The topological polar surface area (TPSA) is 106 Å². The van der Waals surface area contributed by atoms with Gasteiger partial charge in [0.1, 0.15) is 0 Å². The van der Waals surface area contributed by atoms with Crippen molar-refractivity contribution < 1.29 is 14.5 Å². The summed E-state index contributed by atoms with van der Waals surface area (Å²) in [6, 6.07) is 13.7. The maximum absolute atomic E-state index is 13.5. The van der Waals surface area contributed by atoms with Gasteiger partial charge in [-0.15, -0.1) is 10.2 Å². The summed E-state index contributed by atoms with van der Waals surface area (Å²) in [6.45, 7) is 4.02. The Kier molecular flexibility index (Phi) is 6.91. The van der Waals surface area contributed by atoms with Crippen LogP contribution < -0.4 is 4.90 Å². The number of benzene rings is 2. The van der Waals surface area contributed by atoms with Gasteiger partial charge in [0, 0.05) is 52.9 Å². The number of allylic oxidation sites excluding steroid dienone is 2. The van der Waals surface area contributed by atoms with Crippen LogP contribution >= 0.6 is 34.7 Å². The van der Waals surface area contributed by atoms with E-state index in [1.54, 1.807) is 17.0 Å². The highest BCUT2D eigenvalue weighted by molar-refractivity contribution is 8.00. The van der Waals surface area contributed by atoms with E-state index in [1.807, 2.05) is 38.1 Å². The molecule has 190 valence electrons. The fraction of sp³-hybridized carbons (Fsp3) is 0.308. The van der Waals surface area contributed by atoms with Crippen molar-refractivity contribution in [2.24, 2.45) is 5.41 Å². The third kappa shape index (κ3) is 5.18. The van der Waals surface area contributed by atoms with Crippen LogP contribution in [0.5, 0.6) is 0 Å². The number of carbonyl (C=O) groups is 2. The summed E-state index contributed by atoms with van der Waals surface area (Å²) in [5.74, 6) is -0.0225. The van der Waals surface area contributed by atoms with Crippen molar-refractivity contribution in [3.63, 3.8) is 0 Å². The predicted octanol–water partition coefficient (Wildman–Crippen LogP) is 6.56. The summed E-state index contributed by atoms with van der Waals surface area (Å²) in [7, 11) is 0. The Bertz CT molecular complexity index is 1430. The number of ketones is 1. The number of halogens is 1. The summed E-state index contributed by atoms with van der Waals surface area (Å²) in [5, 5.41) is 20.8. The van der Waals surface area contributed by atoms with Crippen molar-refractivity contribution in [1.29, 1.82) is 0 Å². The quantitative estimate of drug-likeness (QED) is 0.147. The monoisotopic (exact) mass is 554 g/mol. The molecule has 37 heavy (non-hydrogen) atoms. The molecular weight excluding hydrogens is 532 g/mol. The lowest BCUT2D eigenvalue weighted by Crippen LogP contribution is -2.43. The van der Waals surface area contributed by atoms with E-state index in [9.17, 15) is 19.7 Å². The molecule has 2 heterocycles. The fourth-order valence-corrected chi connectivity index (χ4v) is 7.03. The predicted molar refractivity (Wildman–Crippen MR) is 144 cm³/mol. The molecule has 2 aromatic carbocycles. The van der Waals surface area contributed by atoms with E-state index in [2.05, 4.69) is 10.2 Å². The van der Waals surface area contributed by atoms with Gasteiger partial charge in [0.05, 0.1) is 4.92 Å². The molecule has 3 aromatic rings. The molecule has 0 saturated carbocycles. The first-order valence-corrected chi connectivity index (χ1v) is 13.8. The second kappa shape index (κ2) is 10.00. The van der Waals surface area contributed by atoms with Crippen molar-refractivity contribution in [1.82, 2.24) is 10.2 Å². The van der Waals surface area contributed by atoms with Gasteiger partial charge in [0.2, 0.25) is 11.0 Å². The largest absolute Gasteiger partial charge is 0.294 e. The van der Waals surface area contributed by atoms with Gasteiger partial charge >= 0.3 is 0 Å². The lowest BCUT2D eigenvalue weighted by atomic mass is 9.69. The molecule has 1 aromatic heterocycles. The van der Waals surface area contributed by atoms with Gasteiger partial charge in [0.25, 0.3) is 5.69 Å². The molecule has 0 bridgehead atoms. The molecular formula is C26H23ClN4O4S2. The average Bonchev–Trinajstić information content (AvgIpc) is 3.30. The fourth-order valence-electron chi connectivity index (χ4n) is 4.86. The standard InChI is InChI=1S/C26H23ClN4O4S2/c1-26(2)12-20-23(21(32)13-26)18(15-7-9-17(10-8-15)31(34)35)11-22(33)30(20)24-28-29-25(37-24)36-14-16-5-3-4-6-19(16)27/h3-10,18H,11-14H2,1-2H3. The normalized spacial score (nSPS) is 19.2. The van der Waals surface area contributed by atoms with E-state index >= 15 is 0 Å². The zero-order valence-corrected chi connectivity index (χ0v) is 22.5. The number of rotatable bonds is 6. The Labute approximate surface area is 226 Å². The molecule has 1 aliphatic carbocycles. The molecule has 1 atom stereocenters. The van der Waals surface area contributed by atoms with Crippen LogP contribution in [0.25, 0.3) is 0 Å². The molecule has 5 rings (SSSR count). The van der Waals surface area contributed by atoms with Crippen molar-refractivity contribution in [3.05, 3.63) is 86.1 Å². The maximum atomic E-state index is 13.5. The number of hydrogen-bond donors (Lipinski definition) is 0. The van der Waals surface area contributed by atoms with Gasteiger partial charge in [-0.05, 0) is 29.0 Å². The number of carbonyl (C=O) groups excluding carboxylic acids is 2. The number of hydrogen-bond acceptors (Lipinski definition) is 8. The zero-order valence-electron chi connectivity index (χ0n) is 20.1. The molecule has 0 spiro atoms. The molecule has 8 nitrogen and oxygen atoms in total. The minimum atomic E-state index is -0.465. The minimum absolute atomic E-state index is 0.00932. The second-order valence-corrected chi connectivity index (χ2v) is 12.5. The van der Waals surface area contributed by atoms with Gasteiger partial charge in [-0.3, -0.25) is 24.6 Å². The van der Waals surface area contributed by atoms with E-state index < -0.39 is 10.8 Å². The third-order valence-corrected chi connectivity index (χ3v) is 9.00. The number of aromatic nitrogens is 2. The summed E-state index contributed by atoms with van der Waals surface area (Å²) in [5.41, 5.74) is 2.59. The smallest absolute Gasteiger partial charge is 0.269 e. The number of non-ortho nitro benzene ring substituents is 1. The van der Waals surface area contributed by atoms with E-state index in [4.69, 9.17) is 11.6 Å². The van der Waals surface area contributed by atoms with Crippen LogP contribution in [0.1, 0.15) is 50.2 Å². The molecule has 1 unspecified atom stereocenters. The average molecular weight is 555 g/mol. The Morgan fingerprint density at radius 1 is 1.14 bits per heavy atom. The van der Waals surface area contributed by atoms with Crippen LogP contribution in [0.4, 0.5) is 10.8 Å². The van der Waals surface area contributed by atoms with Crippen LogP contribution in [-0.2, 0) is 15.3 Å². The highest BCUT2D eigenvalue weighted by atomic mass is 35.5. The van der Waals surface area contributed by atoms with Crippen LogP contribution in [0, 0.1) is 15.5 Å². The first kappa shape index (κ1) is 25.6. The van der Waals surface area contributed by atoms with Crippen LogP contribution in [0.2, 0.25) is 5.02 Å². The first-order chi connectivity index (χ1) is 17.6. The van der Waals surface area contributed by atoms with Gasteiger partial charge in [-0.1, -0.05) is 78.9 Å². The van der Waals surface area contributed by atoms with Gasteiger partial charge in [-0.25, -0.2) is 0 Å². The molecule has 1 amide bonds. The number of nitro benzene ring substituents is 1. The number of Topliss-reactive ketones (excluding diaryl/α,β-unsaturated/α-hetero) is 1. The SMILES string of the molecule is CC1(C)CC(=O)C2=C(C1)N(c1nnc(SCc3ccccc3Cl)s1)C(=O)CC2c1ccc([N+](=O)[O-])cc1. The van der Waals surface area contributed by atoms with Crippen LogP contribution in [-0.4, -0.2) is 26.8 Å². The second-order valence-electron chi connectivity index (χ2n) is 9.87. The highest BCUT2D eigenvalue weighted by Gasteiger charge is 2.45. The van der Waals surface area contributed by atoms with E-state index in [0.29, 0.717) is 49.9 Å². The summed E-state index contributed by atoms with van der Waals surface area (Å²) >= 11 is 9.07. The van der Waals surface area contributed by atoms with Crippen molar-refractivity contribution in [3.8, 4) is 0 Å². The van der Waals surface area contributed by atoms with Gasteiger partial charge in [-0.2, -0.15) is 0 Å². The number of anilines is 1. The Hall–Kier alpha value is -3.08. The summed E-state index contributed by atoms with van der Waals surface area (Å²) < 4.78 is 0.698. The summed E-state index contributed by atoms with van der Waals surface area (Å²) in [6.07, 6.45) is 0.974. The Balaban J connectivity index is 1.49. The molecule has 11 heteroatoms. The lowest BCUT2D eigenvalue weighted by Gasteiger charge is -2.41. The van der Waals surface area contributed by atoms with Crippen molar-refractivity contribution in [2.75, 3.05) is 4.90 Å². The summed E-state index contributed by atoms with van der Waals surface area (Å²) in [4.78, 5) is 39.2. The number of thioether (sulfide) groups is 1. The number of amides is 1. The number of nitro groups is 1. The van der Waals surface area contributed by atoms with E-state index in [1.165, 1.54) is 35.2 Å². The molecule has 0 radical (unpaired) electrons. The van der Waals surface area contributed by atoms with E-state index in [-0.39, 0.29) is 29.2 Å². The van der Waals surface area contributed by atoms with Crippen LogP contribution in [0.15, 0.2) is 64.1 Å². The van der Waals surface area contributed by atoms with Crippen LogP contribution in [0.3, 0.4) is 0 Å². The highest BCUT2D eigenvalue weighted by Crippen LogP contribution is 2.49. The van der Waals surface area contributed by atoms with E-state index in [0.717, 1.165) is 5.56 Å². The van der Waals surface area contributed by atoms with Crippen molar-refractivity contribution in [2.45, 2.75) is 49.1 Å².